The maximum atomic E-state index is 5.43. The molecule has 1 aliphatic rings. The molecule has 0 fully saturated rings. The number of ether oxygens (including phenoxy) is 1. The van der Waals surface area contributed by atoms with Crippen molar-refractivity contribution in [1.82, 2.24) is 9.88 Å². The van der Waals surface area contributed by atoms with Gasteiger partial charge in [0.25, 0.3) is 0 Å². The second kappa shape index (κ2) is 6.95. The first-order valence-electron chi connectivity index (χ1n) is 7.34. The summed E-state index contributed by atoms with van der Waals surface area (Å²) in [6.07, 6.45) is 9.82. The molecule has 0 bridgehead atoms. The van der Waals surface area contributed by atoms with Crippen molar-refractivity contribution >= 4 is 0 Å². The maximum Gasteiger partial charge on any atom is 0.0645 e. The van der Waals surface area contributed by atoms with Gasteiger partial charge < -0.3 is 14.6 Å². The summed E-state index contributed by atoms with van der Waals surface area (Å²) in [6.45, 7) is 7.88. The zero-order valence-corrected chi connectivity index (χ0v) is 11.7. The second-order valence-electron chi connectivity index (χ2n) is 5.03. The molecule has 2 rings (SSSR count). The van der Waals surface area contributed by atoms with E-state index in [1.54, 1.807) is 0 Å². The molecule has 1 atom stereocenters. The molecule has 18 heavy (non-hydrogen) atoms. The van der Waals surface area contributed by atoms with Gasteiger partial charge >= 0.3 is 0 Å². The van der Waals surface area contributed by atoms with E-state index < -0.39 is 0 Å². The molecule has 0 radical (unpaired) electrons. The molecule has 1 N–H and O–H groups in total. The Morgan fingerprint density at radius 2 is 2.22 bits per heavy atom. The number of aryl methyl sites for hydroxylation is 1. The number of nitrogens with zero attached hydrogens (tertiary/aromatic N) is 1. The number of hydrogen-bond acceptors (Lipinski definition) is 2. The van der Waals surface area contributed by atoms with Crippen LogP contribution in [0.3, 0.4) is 0 Å². The number of hydrogen-bond donors (Lipinski definition) is 1. The van der Waals surface area contributed by atoms with E-state index in [2.05, 4.69) is 29.2 Å². The highest BCUT2D eigenvalue weighted by Gasteiger charge is 2.19. The predicted octanol–water partition coefficient (Wildman–Crippen LogP) is 2.90. The summed E-state index contributed by atoms with van der Waals surface area (Å²) in [5.74, 6) is 0. The fourth-order valence-electron chi connectivity index (χ4n) is 2.82. The average Bonchev–Trinajstić information content (AvgIpc) is 2.68. The molecule has 0 aliphatic heterocycles. The average molecular weight is 250 g/mol. The minimum Gasteiger partial charge on any atom is -0.380 e. The van der Waals surface area contributed by atoms with Gasteiger partial charge in [-0.25, -0.2) is 0 Å². The van der Waals surface area contributed by atoms with Crippen LogP contribution in [0.2, 0.25) is 0 Å². The Morgan fingerprint density at radius 3 is 3.00 bits per heavy atom. The van der Waals surface area contributed by atoms with Gasteiger partial charge in [0.1, 0.15) is 0 Å². The van der Waals surface area contributed by atoms with Crippen LogP contribution in [0, 0.1) is 0 Å². The van der Waals surface area contributed by atoms with Gasteiger partial charge in [-0.05, 0) is 43.9 Å². The first-order valence-corrected chi connectivity index (χ1v) is 7.34. The Kier molecular flexibility index (Phi) is 5.26. The summed E-state index contributed by atoms with van der Waals surface area (Å²) in [4.78, 5) is 0. The van der Waals surface area contributed by atoms with E-state index in [0.717, 1.165) is 26.3 Å². The smallest absolute Gasteiger partial charge is 0.0645 e. The molecule has 1 aromatic rings. The Hall–Kier alpha value is -0.800. The van der Waals surface area contributed by atoms with Crippen LogP contribution in [-0.4, -0.2) is 24.3 Å². The molecule has 1 unspecified atom stereocenters. The highest BCUT2D eigenvalue weighted by Crippen LogP contribution is 2.29. The lowest BCUT2D eigenvalue weighted by molar-refractivity contribution is 0.139. The topological polar surface area (TPSA) is 26.2 Å². The number of nitrogens with one attached hydrogen (secondary N) is 1. The van der Waals surface area contributed by atoms with Crippen LogP contribution in [0.15, 0.2) is 12.4 Å². The normalized spacial score (nSPS) is 19.6. The summed E-state index contributed by atoms with van der Waals surface area (Å²) >= 11 is 0. The highest BCUT2D eigenvalue weighted by molar-refractivity contribution is 5.29. The van der Waals surface area contributed by atoms with Gasteiger partial charge in [0.05, 0.1) is 6.61 Å². The van der Waals surface area contributed by atoms with Crippen molar-refractivity contribution in [3.63, 3.8) is 0 Å². The molecule has 102 valence electrons. The molecule has 0 amide bonds. The molecule has 1 aliphatic carbocycles. The van der Waals surface area contributed by atoms with Gasteiger partial charge in [0.2, 0.25) is 0 Å². The molecular formula is C15H26N2O. The summed E-state index contributed by atoms with van der Waals surface area (Å²) in [5, 5.41) is 3.62. The first-order chi connectivity index (χ1) is 8.85. The number of fused-ring (bicyclic) bond motifs is 1. The van der Waals surface area contributed by atoms with Crippen LogP contribution in [0.25, 0.3) is 0 Å². The Balaban J connectivity index is 2.06. The van der Waals surface area contributed by atoms with Gasteiger partial charge in [-0.3, -0.25) is 0 Å². The highest BCUT2D eigenvalue weighted by atomic mass is 16.5. The van der Waals surface area contributed by atoms with Gasteiger partial charge in [-0.2, -0.15) is 0 Å². The Labute approximate surface area is 111 Å². The summed E-state index contributed by atoms with van der Waals surface area (Å²) < 4.78 is 7.73. The van der Waals surface area contributed by atoms with Crippen molar-refractivity contribution in [3.8, 4) is 0 Å². The van der Waals surface area contributed by atoms with Gasteiger partial charge in [-0.15, -0.1) is 0 Å². The van der Waals surface area contributed by atoms with Crippen LogP contribution >= 0.6 is 0 Å². The standard InChI is InChI=1S/C15H26N2O/c1-3-16-15-8-6-5-7-13-11-17(12-14(13)15)9-10-18-4-2/h11-12,15-16H,3-10H2,1-2H3. The minimum atomic E-state index is 0.556. The minimum absolute atomic E-state index is 0.556. The van der Waals surface area contributed by atoms with Crippen molar-refractivity contribution in [1.29, 1.82) is 0 Å². The zero-order chi connectivity index (χ0) is 12.8. The molecule has 3 nitrogen and oxygen atoms in total. The molecule has 0 saturated heterocycles. The SMILES string of the molecule is CCNC1CCCCc2cn(CCOCC)cc21. The van der Waals surface area contributed by atoms with Crippen molar-refractivity contribution < 1.29 is 4.74 Å². The lowest BCUT2D eigenvalue weighted by Crippen LogP contribution is -2.20. The lowest BCUT2D eigenvalue weighted by Gasteiger charge is -2.15. The van der Waals surface area contributed by atoms with Crippen LogP contribution in [0.1, 0.15) is 50.3 Å². The molecule has 3 heteroatoms. The fraction of sp³-hybridized carbons (Fsp3) is 0.733. The van der Waals surface area contributed by atoms with Crippen LogP contribution in [-0.2, 0) is 17.7 Å². The van der Waals surface area contributed by atoms with E-state index >= 15 is 0 Å². The van der Waals surface area contributed by atoms with E-state index in [1.807, 2.05) is 6.92 Å². The second-order valence-corrected chi connectivity index (χ2v) is 5.03. The van der Waals surface area contributed by atoms with Gasteiger partial charge in [0.15, 0.2) is 0 Å². The van der Waals surface area contributed by atoms with Crippen LogP contribution in [0.5, 0.6) is 0 Å². The van der Waals surface area contributed by atoms with E-state index in [0.29, 0.717) is 6.04 Å². The van der Waals surface area contributed by atoms with Crippen molar-refractivity contribution in [2.24, 2.45) is 0 Å². The van der Waals surface area contributed by atoms with E-state index in [9.17, 15) is 0 Å². The van der Waals surface area contributed by atoms with Crippen molar-refractivity contribution in [3.05, 3.63) is 23.5 Å². The van der Waals surface area contributed by atoms with E-state index in [-0.39, 0.29) is 0 Å². The van der Waals surface area contributed by atoms with Crippen LogP contribution < -0.4 is 5.32 Å². The number of aromatic nitrogens is 1. The molecule has 1 aromatic heterocycles. The number of rotatable bonds is 6. The van der Waals surface area contributed by atoms with E-state index in [1.165, 1.54) is 36.8 Å². The third kappa shape index (κ3) is 3.36. The third-order valence-electron chi connectivity index (χ3n) is 3.71. The van der Waals surface area contributed by atoms with E-state index in [4.69, 9.17) is 4.74 Å². The predicted molar refractivity (Wildman–Crippen MR) is 74.9 cm³/mol. The molecule has 1 heterocycles. The van der Waals surface area contributed by atoms with Crippen molar-refractivity contribution in [2.75, 3.05) is 19.8 Å². The molecule has 0 spiro atoms. The Morgan fingerprint density at radius 1 is 1.33 bits per heavy atom. The first kappa shape index (κ1) is 13.6. The van der Waals surface area contributed by atoms with Gasteiger partial charge in [-0.1, -0.05) is 13.3 Å². The molecule has 0 aromatic carbocycles. The lowest BCUT2D eigenvalue weighted by atomic mass is 10.0. The Bertz CT molecular complexity index is 359. The molecular weight excluding hydrogens is 224 g/mol. The third-order valence-corrected chi connectivity index (χ3v) is 3.71. The van der Waals surface area contributed by atoms with Crippen LogP contribution in [0.4, 0.5) is 0 Å². The summed E-state index contributed by atoms with van der Waals surface area (Å²) in [6, 6.07) is 0.556. The summed E-state index contributed by atoms with van der Waals surface area (Å²) in [7, 11) is 0. The van der Waals surface area contributed by atoms with Crippen molar-refractivity contribution in [2.45, 2.75) is 52.1 Å². The monoisotopic (exact) mass is 250 g/mol. The maximum absolute atomic E-state index is 5.43. The fourth-order valence-corrected chi connectivity index (χ4v) is 2.82. The largest absolute Gasteiger partial charge is 0.380 e. The quantitative estimate of drug-likeness (QED) is 0.620. The molecule has 0 saturated carbocycles. The van der Waals surface area contributed by atoms with Gasteiger partial charge in [0, 0.05) is 31.6 Å². The summed E-state index contributed by atoms with van der Waals surface area (Å²) in [5.41, 5.74) is 3.06. The zero-order valence-electron chi connectivity index (χ0n) is 11.7.